The molecule has 0 aliphatic carbocycles. The number of hydrogen-bond acceptors (Lipinski definition) is 4. The van der Waals surface area contributed by atoms with Gasteiger partial charge in [-0.15, -0.1) is 0 Å². The fraction of sp³-hybridized carbons (Fsp3) is 0.381. The average Bonchev–Trinajstić information content (AvgIpc) is 2.96. The first-order valence-corrected chi connectivity index (χ1v) is 9.52. The highest BCUT2D eigenvalue weighted by molar-refractivity contribution is 5.79. The topological polar surface area (TPSA) is 107 Å². The lowest BCUT2D eigenvalue weighted by atomic mass is 9.96. The minimum atomic E-state index is -1.22. The average molecular weight is 400 g/mol. The zero-order chi connectivity index (χ0) is 20.8. The van der Waals surface area contributed by atoms with Gasteiger partial charge in [0.15, 0.2) is 0 Å². The number of rotatable bonds is 4. The van der Waals surface area contributed by atoms with Crippen LogP contribution in [0.25, 0.3) is 0 Å². The van der Waals surface area contributed by atoms with Crippen LogP contribution in [0.2, 0.25) is 0 Å². The van der Waals surface area contributed by atoms with E-state index in [0.29, 0.717) is 25.9 Å². The van der Waals surface area contributed by atoms with Gasteiger partial charge in [0.2, 0.25) is 0 Å². The first-order valence-electron chi connectivity index (χ1n) is 9.52. The quantitative estimate of drug-likeness (QED) is 0.804. The fourth-order valence-corrected chi connectivity index (χ4v) is 3.57. The zero-order valence-electron chi connectivity index (χ0n) is 16.0. The van der Waals surface area contributed by atoms with E-state index in [1.165, 1.54) is 0 Å². The third-order valence-corrected chi connectivity index (χ3v) is 5.20. The van der Waals surface area contributed by atoms with Crippen molar-refractivity contribution in [2.24, 2.45) is 0 Å². The SMILES string of the molecule is O=C(O)C1CC=C(C2=CCN(C(=O)OCc3ccccc3)CC2)CCN1C(=O)O. The van der Waals surface area contributed by atoms with Crippen molar-refractivity contribution in [1.82, 2.24) is 9.80 Å². The molecule has 8 nitrogen and oxygen atoms in total. The number of benzene rings is 1. The smallest absolute Gasteiger partial charge is 0.410 e. The van der Waals surface area contributed by atoms with E-state index in [9.17, 15) is 24.6 Å². The summed E-state index contributed by atoms with van der Waals surface area (Å²) < 4.78 is 5.36. The van der Waals surface area contributed by atoms with Gasteiger partial charge in [-0.2, -0.15) is 0 Å². The van der Waals surface area contributed by atoms with Gasteiger partial charge >= 0.3 is 18.2 Å². The van der Waals surface area contributed by atoms with Crippen molar-refractivity contribution >= 4 is 18.2 Å². The van der Waals surface area contributed by atoms with Crippen LogP contribution in [0.1, 0.15) is 24.8 Å². The van der Waals surface area contributed by atoms with E-state index in [2.05, 4.69) is 0 Å². The van der Waals surface area contributed by atoms with Gasteiger partial charge in [0.25, 0.3) is 0 Å². The minimum absolute atomic E-state index is 0.136. The molecule has 0 fully saturated rings. The Morgan fingerprint density at radius 1 is 1.00 bits per heavy atom. The van der Waals surface area contributed by atoms with Crippen LogP contribution >= 0.6 is 0 Å². The number of aliphatic carboxylic acids is 1. The molecule has 3 rings (SSSR count). The summed E-state index contributed by atoms with van der Waals surface area (Å²) in [5, 5.41) is 18.6. The van der Waals surface area contributed by atoms with Crippen molar-refractivity contribution in [2.75, 3.05) is 19.6 Å². The van der Waals surface area contributed by atoms with E-state index in [0.717, 1.165) is 21.6 Å². The summed E-state index contributed by atoms with van der Waals surface area (Å²) in [7, 11) is 0. The minimum Gasteiger partial charge on any atom is -0.480 e. The standard InChI is InChI=1S/C21H24N2O6/c24-19(25)18-7-6-16(10-13-23(18)20(26)27)17-8-11-22(12-9-17)21(28)29-14-15-4-2-1-3-5-15/h1-6,8,18H,7,9-14H2,(H,24,25)(H,26,27). The normalized spacial score (nSPS) is 19.7. The Labute approximate surface area is 168 Å². The summed E-state index contributed by atoms with van der Waals surface area (Å²) in [4.78, 5) is 37.6. The summed E-state index contributed by atoms with van der Waals surface area (Å²) >= 11 is 0. The van der Waals surface area contributed by atoms with Gasteiger partial charge in [-0.05, 0) is 36.0 Å². The van der Waals surface area contributed by atoms with Crippen LogP contribution in [-0.4, -0.2) is 63.8 Å². The second-order valence-corrected chi connectivity index (χ2v) is 7.01. The number of carboxylic acids is 1. The third-order valence-electron chi connectivity index (χ3n) is 5.20. The molecule has 0 saturated carbocycles. The number of nitrogens with zero attached hydrogens (tertiary/aromatic N) is 2. The van der Waals surface area contributed by atoms with Gasteiger partial charge in [-0.3, -0.25) is 4.90 Å². The largest absolute Gasteiger partial charge is 0.480 e. The van der Waals surface area contributed by atoms with Gasteiger partial charge in [0.1, 0.15) is 12.6 Å². The number of carboxylic acid groups (broad SMARTS) is 2. The van der Waals surface area contributed by atoms with Crippen molar-refractivity contribution in [1.29, 1.82) is 0 Å². The number of carbonyl (C=O) groups excluding carboxylic acids is 1. The maximum absolute atomic E-state index is 12.3. The molecule has 1 atom stereocenters. The molecule has 8 heteroatoms. The van der Waals surface area contributed by atoms with E-state index in [1.807, 2.05) is 42.5 Å². The molecule has 0 aromatic heterocycles. The molecule has 0 radical (unpaired) electrons. The summed E-state index contributed by atoms with van der Waals surface area (Å²) in [6.07, 6.45) is 3.37. The first kappa shape index (κ1) is 20.4. The van der Waals surface area contributed by atoms with Crippen LogP contribution in [-0.2, 0) is 16.1 Å². The first-order chi connectivity index (χ1) is 14.0. The lowest BCUT2D eigenvalue weighted by Gasteiger charge is -2.27. The number of carbonyl (C=O) groups is 3. The second-order valence-electron chi connectivity index (χ2n) is 7.01. The van der Waals surface area contributed by atoms with E-state index >= 15 is 0 Å². The maximum Gasteiger partial charge on any atom is 0.410 e. The number of ether oxygens (including phenoxy) is 1. The Hall–Kier alpha value is -3.29. The van der Waals surface area contributed by atoms with Crippen molar-refractivity contribution in [2.45, 2.75) is 31.9 Å². The van der Waals surface area contributed by atoms with Gasteiger partial charge in [0, 0.05) is 19.6 Å². The lowest BCUT2D eigenvalue weighted by Crippen LogP contribution is -2.44. The van der Waals surface area contributed by atoms with Gasteiger partial charge in [-0.25, -0.2) is 14.4 Å². The van der Waals surface area contributed by atoms with Crippen molar-refractivity contribution in [3.63, 3.8) is 0 Å². The Morgan fingerprint density at radius 2 is 1.69 bits per heavy atom. The van der Waals surface area contributed by atoms with E-state index in [1.54, 1.807) is 4.90 Å². The summed E-state index contributed by atoms with van der Waals surface area (Å²) in [6, 6.07) is 8.40. The third kappa shape index (κ3) is 5.16. The summed E-state index contributed by atoms with van der Waals surface area (Å²) in [5.41, 5.74) is 2.92. The highest BCUT2D eigenvalue weighted by Crippen LogP contribution is 2.27. The van der Waals surface area contributed by atoms with E-state index < -0.39 is 18.1 Å². The second kappa shape index (κ2) is 9.27. The lowest BCUT2D eigenvalue weighted by molar-refractivity contribution is -0.142. The van der Waals surface area contributed by atoms with Crippen molar-refractivity contribution in [3.8, 4) is 0 Å². The molecule has 1 aromatic carbocycles. The predicted molar refractivity (Wildman–Crippen MR) is 104 cm³/mol. The van der Waals surface area contributed by atoms with Gasteiger partial charge in [-0.1, -0.05) is 42.5 Å². The van der Waals surface area contributed by atoms with Gasteiger partial charge in [0.05, 0.1) is 0 Å². The Kier molecular flexibility index (Phi) is 6.54. The monoisotopic (exact) mass is 400 g/mol. The molecule has 0 saturated heterocycles. The van der Waals surface area contributed by atoms with Crippen LogP contribution in [0.15, 0.2) is 53.6 Å². The molecular weight excluding hydrogens is 376 g/mol. The van der Waals surface area contributed by atoms with Gasteiger partial charge < -0.3 is 19.8 Å². The zero-order valence-corrected chi connectivity index (χ0v) is 16.0. The Bertz CT molecular complexity index is 833. The van der Waals surface area contributed by atoms with Crippen LogP contribution in [0, 0.1) is 0 Å². The molecule has 2 amide bonds. The molecule has 2 heterocycles. The summed E-state index contributed by atoms with van der Waals surface area (Å²) in [5.74, 6) is -1.14. The number of hydrogen-bond donors (Lipinski definition) is 2. The van der Waals surface area contributed by atoms with Crippen LogP contribution < -0.4 is 0 Å². The fourth-order valence-electron chi connectivity index (χ4n) is 3.57. The maximum atomic E-state index is 12.3. The molecule has 0 bridgehead atoms. The molecule has 2 aliphatic rings. The van der Waals surface area contributed by atoms with Crippen LogP contribution in [0.3, 0.4) is 0 Å². The van der Waals surface area contributed by atoms with Crippen LogP contribution in [0.4, 0.5) is 9.59 Å². The van der Waals surface area contributed by atoms with Crippen molar-refractivity contribution < 1.29 is 29.3 Å². The molecular formula is C21H24N2O6. The molecule has 2 N–H and O–H groups in total. The predicted octanol–water partition coefficient (Wildman–Crippen LogP) is 3.11. The van der Waals surface area contributed by atoms with E-state index in [-0.39, 0.29) is 25.7 Å². The Balaban J connectivity index is 1.58. The molecule has 1 unspecified atom stereocenters. The Morgan fingerprint density at radius 3 is 2.31 bits per heavy atom. The molecule has 29 heavy (non-hydrogen) atoms. The number of amides is 2. The molecule has 0 spiro atoms. The highest BCUT2D eigenvalue weighted by Gasteiger charge is 2.31. The highest BCUT2D eigenvalue weighted by atomic mass is 16.6. The van der Waals surface area contributed by atoms with E-state index in [4.69, 9.17) is 4.74 Å². The summed E-state index contributed by atoms with van der Waals surface area (Å²) in [6.45, 7) is 1.27. The van der Waals surface area contributed by atoms with Crippen molar-refractivity contribution in [3.05, 3.63) is 59.2 Å². The molecule has 2 aliphatic heterocycles. The molecule has 154 valence electrons. The molecule has 1 aromatic rings. The van der Waals surface area contributed by atoms with Crippen LogP contribution in [0.5, 0.6) is 0 Å².